The van der Waals surface area contributed by atoms with Crippen LogP contribution in [0.1, 0.15) is 45.6 Å². The van der Waals surface area contributed by atoms with Crippen LogP contribution in [0, 0.1) is 11.3 Å². The van der Waals surface area contributed by atoms with Crippen molar-refractivity contribution in [1.82, 2.24) is 4.98 Å². The number of thiazole rings is 1. The van der Waals surface area contributed by atoms with Crippen molar-refractivity contribution < 1.29 is 9.53 Å². The van der Waals surface area contributed by atoms with Crippen molar-refractivity contribution in [2.45, 2.75) is 32.6 Å². The molecule has 4 aromatic rings. The number of esters is 1. The van der Waals surface area contributed by atoms with Crippen LogP contribution in [-0.4, -0.2) is 17.6 Å². The van der Waals surface area contributed by atoms with E-state index in [4.69, 9.17) is 9.72 Å². The van der Waals surface area contributed by atoms with Crippen LogP contribution in [-0.2, 0) is 17.6 Å². The molecule has 7 heteroatoms. The van der Waals surface area contributed by atoms with E-state index in [1.807, 2.05) is 30.5 Å². The fourth-order valence-corrected chi connectivity index (χ4v) is 6.37. The lowest BCUT2D eigenvalue weighted by molar-refractivity contribution is 0.0526. The highest BCUT2D eigenvalue weighted by Crippen LogP contribution is 2.39. The van der Waals surface area contributed by atoms with Crippen LogP contribution in [0.3, 0.4) is 0 Å². The summed E-state index contributed by atoms with van der Waals surface area (Å²) in [4.78, 5) is 18.7. The minimum Gasteiger partial charge on any atom is -0.462 e. The first kappa shape index (κ1) is 22.3. The number of hydrogen-bond acceptors (Lipinski definition) is 7. The maximum atomic E-state index is 12.7. The van der Waals surface area contributed by atoms with Gasteiger partial charge in [-0.25, -0.2) is 9.78 Å². The van der Waals surface area contributed by atoms with E-state index in [9.17, 15) is 10.1 Å². The van der Waals surface area contributed by atoms with Crippen LogP contribution >= 0.6 is 22.7 Å². The Morgan fingerprint density at radius 2 is 2.03 bits per heavy atom. The zero-order valence-electron chi connectivity index (χ0n) is 18.8. The standard InChI is InChI=1S/C27H23N3O2S2/c1-2-32-27(31)24-21-11-5-6-13-23(21)34-26(24)29-15-18(14-28)25-30-22(16-33-25)20-12-7-9-17-8-3-4-10-19(17)20/h3-4,7-10,12,15-16,29H,2,5-6,11,13H2,1H3/b18-15+. The second-order valence-corrected chi connectivity index (χ2v) is 9.98. The number of carbonyl (C=O) groups is 1. The lowest BCUT2D eigenvalue weighted by atomic mass is 9.95. The fourth-order valence-electron chi connectivity index (χ4n) is 4.34. The van der Waals surface area contributed by atoms with Crippen LogP contribution in [0.4, 0.5) is 5.00 Å². The molecule has 0 saturated heterocycles. The number of allylic oxidation sites excluding steroid dienone is 1. The van der Waals surface area contributed by atoms with E-state index >= 15 is 0 Å². The number of aryl methyl sites for hydroxylation is 1. The van der Waals surface area contributed by atoms with Crippen molar-refractivity contribution in [3.63, 3.8) is 0 Å². The van der Waals surface area contributed by atoms with Gasteiger partial charge >= 0.3 is 5.97 Å². The second-order valence-electron chi connectivity index (χ2n) is 8.01. The Kier molecular flexibility index (Phi) is 6.43. The molecule has 2 heterocycles. The van der Waals surface area contributed by atoms with Crippen LogP contribution in [0.5, 0.6) is 0 Å². The number of nitriles is 1. The van der Waals surface area contributed by atoms with Crippen molar-refractivity contribution in [2.75, 3.05) is 11.9 Å². The summed E-state index contributed by atoms with van der Waals surface area (Å²) in [6, 6.07) is 16.6. The first-order valence-electron chi connectivity index (χ1n) is 11.3. The third-order valence-electron chi connectivity index (χ3n) is 5.92. The molecular formula is C27H23N3O2S2. The third kappa shape index (κ3) is 4.23. The molecule has 0 bridgehead atoms. The molecule has 1 N–H and O–H groups in total. The number of nitrogens with one attached hydrogen (secondary N) is 1. The highest BCUT2D eigenvalue weighted by molar-refractivity contribution is 7.16. The first-order valence-corrected chi connectivity index (χ1v) is 13.0. The van der Waals surface area contributed by atoms with Gasteiger partial charge in [-0.3, -0.25) is 0 Å². The van der Waals surface area contributed by atoms with E-state index in [1.54, 1.807) is 17.5 Å². The van der Waals surface area contributed by atoms with Gasteiger partial charge in [-0.2, -0.15) is 5.26 Å². The van der Waals surface area contributed by atoms with E-state index in [1.165, 1.54) is 16.2 Å². The molecule has 2 aromatic heterocycles. The number of rotatable bonds is 6. The molecule has 170 valence electrons. The molecule has 0 atom stereocenters. The molecule has 34 heavy (non-hydrogen) atoms. The van der Waals surface area contributed by atoms with Gasteiger partial charge in [0.2, 0.25) is 0 Å². The molecule has 0 radical (unpaired) electrons. The van der Waals surface area contributed by atoms with E-state index in [-0.39, 0.29) is 5.97 Å². The number of hydrogen-bond donors (Lipinski definition) is 1. The largest absolute Gasteiger partial charge is 0.462 e. The van der Waals surface area contributed by atoms with E-state index < -0.39 is 0 Å². The summed E-state index contributed by atoms with van der Waals surface area (Å²) in [6.07, 6.45) is 5.72. The molecule has 0 saturated carbocycles. The van der Waals surface area contributed by atoms with Crippen molar-refractivity contribution in [3.8, 4) is 17.3 Å². The number of anilines is 1. The van der Waals surface area contributed by atoms with Gasteiger partial charge in [0.25, 0.3) is 0 Å². The number of fused-ring (bicyclic) bond motifs is 2. The monoisotopic (exact) mass is 485 g/mol. The Bertz CT molecular complexity index is 1440. The summed E-state index contributed by atoms with van der Waals surface area (Å²) in [7, 11) is 0. The van der Waals surface area contributed by atoms with Gasteiger partial charge in [0, 0.05) is 22.0 Å². The molecule has 5 rings (SSSR count). The number of aromatic nitrogens is 1. The van der Waals surface area contributed by atoms with Crippen LogP contribution in [0.2, 0.25) is 0 Å². The highest BCUT2D eigenvalue weighted by atomic mass is 32.1. The van der Waals surface area contributed by atoms with Gasteiger partial charge in [-0.15, -0.1) is 22.7 Å². The predicted octanol–water partition coefficient (Wildman–Crippen LogP) is 7.06. The molecule has 5 nitrogen and oxygen atoms in total. The first-order chi connectivity index (χ1) is 16.7. The maximum Gasteiger partial charge on any atom is 0.341 e. The molecule has 2 aromatic carbocycles. The minimum absolute atomic E-state index is 0.302. The smallest absolute Gasteiger partial charge is 0.341 e. The number of benzene rings is 2. The Balaban J connectivity index is 1.46. The molecular weight excluding hydrogens is 462 g/mol. The van der Waals surface area contributed by atoms with Gasteiger partial charge in [-0.05, 0) is 48.9 Å². The lowest BCUT2D eigenvalue weighted by Crippen LogP contribution is -2.10. The maximum absolute atomic E-state index is 12.7. The van der Waals surface area contributed by atoms with Crippen molar-refractivity contribution >= 4 is 50.0 Å². The Hall–Kier alpha value is -3.47. The number of ether oxygens (including phenoxy) is 1. The van der Waals surface area contributed by atoms with Crippen molar-refractivity contribution in [1.29, 1.82) is 5.26 Å². The molecule has 0 unspecified atom stereocenters. The molecule has 0 fully saturated rings. The van der Waals surface area contributed by atoms with Gasteiger partial charge in [0.1, 0.15) is 21.7 Å². The molecule has 1 aliphatic carbocycles. The van der Waals surface area contributed by atoms with Crippen molar-refractivity contribution in [2.24, 2.45) is 0 Å². The van der Waals surface area contributed by atoms with E-state index in [0.29, 0.717) is 22.8 Å². The number of thiophene rings is 1. The average Bonchev–Trinajstić information content (AvgIpc) is 3.49. The Morgan fingerprint density at radius 3 is 2.88 bits per heavy atom. The molecule has 0 spiro atoms. The summed E-state index contributed by atoms with van der Waals surface area (Å²) >= 11 is 3.02. The zero-order valence-corrected chi connectivity index (χ0v) is 20.4. The van der Waals surface area contributed by atoms with Gasteiger partial charge in [-0.1, -0.05) is 42.5 Å². The Labute approximate surface area is 206 Å². The predicted molar refractivity (Wildman–Crippen MR) is 139 cm³/mol. The SMILES string of the molecule is CCOC(=O)c1c(N/C=C(\C#N)c2nc(-c3cccc4ccccc34)cs2)sc2c1CCCC2. The van der Waals surface area contributed by atoms with E-state index in [0.717, 1.165) is 58.3 Å². The summed E-state index contributed by atoms with van der Waals surface area (Å²) < 4.78 is 5.33. The summed E-state index contributed by atoms with van der Waals surface area (Å²) in [5, 5.41) is 18.7. The Morgan fingerprint density at radius 1 is 1.21 bits per heavy atom. The van der Waals surface area contributed by atoms with Gasteiger partial charge < -0.3 is 10.1 Å². The number of carbonyl (C=O) groups excluding carboxylic acids is 1. The van der Waals surface area contributed by atoms with E-state index in [2.05, 4.69) is 35.7 Å². The normalized spacial score (nSPS) is 13.4. The van der Waals surface area contributed by atoms with Gasteiger partial charge in [0.15, 0.2) is 0 Å². The number of nitrogens with zero attached hydrogens (tertiary/aromatic N) is 2. The summed E-state index contributed by atoms with van der Waals surface area (Å²) in [5.74, 6) is -0.302. The summed E-state index contributed by atoms with van der Waals surface area (Å²) in [5.41, 5.74) is 4.03. The quantitative estimate of drug-likeness (QED) is 0.234. The molecule has 0 amide bonds. The van der Waals surface area contributed by atoms with Crippen LogP contribution in [0.15, 0.2) is 54.0 Å². The molecule has 1 aliphatic rings. The lowest BCUT2D eigenvalue weighted by Gasteiger charge is -2.12. The van der Waals surface area contributed by atoms with Crippen molar-refractivity contribution in [3.05, 3.63) is 75.1 Å². The second kappa shape index (κ2) is 9.80. The van der Waals surface area contributed by atoms with Gasteiger partial charge in [0.05, 0.1) is 17.9 Å². The topological polar surface area (TPSA) is 75.0 Å². The van der Waals surface area contributed by atoms with Crippen LogP contribution < -0.4 is 5.32 Å². The fraction of sp³-hybridized carbons (Fsp3) is 0.222. The minimum atomic E-state index is -0.302. The summed E-state index contributed by atoms with van der Waals surface area (Å²) in [6.45, 7) is 2.14. The zero-order chi connectivity index (χ0) is 23.5. The average molecular weight is 486 g/mol. The molecule has 0 aliphatic heterocycles. The van der Waals surface area contributed by atoms with Crippen LogP contribution in [0.25, 0.3) is 27.6 Å². The highest BCUT2D eigenvalue weighted by Gasteiger charge is 2.26. The third-order valence-corrected chi connectivity index (χ3v) is 8.02.